The number of nitrogens with one attached hydrogen (secondary N) is 1. The lowest BCUT2D eigenvalue weighted by Gasteiger charge is -2.13. The molecule has 0 aliphatic rings. The zero-order valence-corrected chi connectivity index (χ0v) is 16.9. The first kappa shape index (κ1) is 19.3. The Bertz CT molecular complexity index is 931. The van der Waals surface area contributed by atoms with Crippen LogP contribution in [0.4, 0.5) is 5.69 Å². The molecule has 3 rings (SSSR count). The van der Waals surface area contributed by atoms with Gasteiger partial charge in [0.05, 0.1) is 10.6 Å². The first-order valence-corrected chi connectivity index (χ1v) is 10.3. The first-order chi connectivity index (χ1) is 13.0. The number of aryl methyl sites for hydroxylation is 2. The summed E-state index contributed by atoms with van der Waals surface area (Å²) in [7, 11) is 0. The van der Waals surface area contributed by atoms with Gasteiger partial charge in [0.25, 0.3) is 5.91 Å². The minimum atomic E-state index is -0.907. The van der Waals surface area contributed by atoms with Crippen molar-refractivity contribution < 1.29 is 14.3 Å². The second-order valence-corrected chi connectivity index (χ2v) is 7.94. The maximum absolute atomic E-state index is 12.5. The lowest BCUT2D eigenvalue weighted by Crippen LogP contribution is -2.29. The summed E-state index contributed by atoms with van der Waals surface area (Å²) in [6, 6.07) is 11.5. The van der Waals surface area contributed by atoms with E-state index >= 15 is 0 Å². The van der Waals surface area contributed by atoms with Crippen molar-refractivity contribution in [3.63, 3.8) is 0 Å². The van der Waals surface area contributed by atoms with Gasteiger partial charge in [0, 0.05) is 5.69 Å². The lowest BCUT2D eigenvalue weighted by atomic mass is 10.1. The highest BCUT2D eigenvalue weighted by molar-refractivity contribution is 7.22. The van der Waals surface area contributed by atoms with Crippen LogP contribution in [-0.2, 0) is 16.0 Å². The lowest BCUT2D eigenvalue weighted by molar-refractivity contribution is -0.123. The quantitative estimate of drug-likeness (QED) is 0.596. The molecule has 3 aromatic rings. The summed E-state index contributed by atoms with van der Waals surface area (Å²) in [5.41, 5.74) is 2.47. The number of esters is 1. The standard InChI is InChI=1S/C20H20N2O3S2/c1-4-14-7-9-15(10-8-14)22-18(23)13(3)25-20(24)17-12(2)21-19(27-17)16-6-5-11-26-16/h5-11,13H,4H2,1-3H3,(H,22,23). The Labute approximate surface area is 166 Å². The second-order valence-electron chi connectivity index (χ2n) is 6.00. The normalized spacial score (nSPS) is 11.8. The van der Waals surface area contributed by atoms with Crippen LogP contribution < -0.4 is 5.32 Å². The zero-order chi connectivity index (χ0) is 19.4. The Balaban J connectivity index is 1.63. The minimum absolute atomic E-state index is 0.367. The third-order valence-corrected chi connectivity index (χ3v) is 6.17. The molecule has 1 amide bonds. The number of thiazole rings is 1. The number of nitrogens with zero attached hydrogens (tertiary/aromatic N) is 1. The van der Waals surface area contributed by atoms with Gasteiger partial charge in [0.2, 0.25) is 0 Å². The smallest absolute Gasteiger partial charge is 0.351 e. The van der Waals surface area contributed by atoms with E-state index in [9.17, 15) is 9.59 Å². The summed E-state index contributed by atoms with van der Waals surface area (Å²) < 4.78 is 5.35. The van der Waals surface area contributed by atoms with Gasteiger partial charge in [-0.15, -0.1) is 22.7 Å². The molecule has 1 N–H and O–H groups in total. The molecule has 5 nitrogen and oxygen atoms in total. The van der Waals surface area contributed by atoms with Gasteiger partial charge in [-0.3, -0.25) is 4.79 Å². The molecule has 0 saturated heterocycles. The topological polar surface area (TPSA) is 68.3 Å². The minimum Gasteiger partial charge on any atom is -0.448 e. The molecule has 0 bridgehead atoms. The fourth-order valence-electron chi connectivity index (χ4n) is 2.43. The van der Waals surface area contributed by atoms with Crippen LogP contribution in [0.1, 0.15) is 34.8 Å². The Hall–Kier alpha value is -2.51. The molecule has 7 heteroatoms. The van der Waals surface area contributed by atoms with Crippen molar-refractivity contribution in [1.82, 2.24) is 4.98 Å². The van der Waals surface area contributed by atoms with Gasteiger partial charge in [-0.1, -0.05) is 25.1 Å². The number of amides is 1. The predicted molar refractivity (Wildman–Crippen MR) is 109 cm³/mol. The summed E-state index contributed by atoms with van der Waals surface area (Å²) in [5, 5.41) is 5.51. The second kappa shape index (κ2) is 8.45. The molecule has 27 heavy (non-hydrogen) atoms. The molecule has 0 radical (unpaired) electrons. The zero-order valence-electron chi connectivity index (χ0n) is 15.3. The van der Waals surface area contributed by atoms with Crippen LogP contribution in [0.5, 0.6) is 0 Å². The van der Waals surface area contributed by atoms with Crippen LogP contribution in [0.2, 0.25) is 0 Å². The summed E-state index contributed by atoms with van der Waals surface area (Å²) >= 11 is 2.84. The van der Waals surface area contributed by atoms with Gasteiger partial charge >= 0.3 is 5.97 Å². The number of thiophene rings is 1. The highest BCUT2D eigenvalue weighted by Gasteiger charge is 2.23. The van der Waals surface area contributed by atoms with E-state index in [0.717, 1.165) is 16.3 Å². The van der Waals surface area contributed by atoms with Gasteiger partial charge in [0.15, 0.2) is 6.10 Å². The van der Waals surface area contributed by atoms with Crippen molar-refractivity contribution in [3.8, 4) is 9.88 Å². The average molecular weight is 401 g/mol. The molecular weight excluding hydrogens is 380 g/mol. The van der Waals surface area contributed by atoms with Crippen LogP contribution >= 0.6 is 22.7 Å². The van der Waals surface area contributed by atoms with Crippen molar-refractivity contribution in [2.75, 3.05) is 5.32 Å². The number of anilines is 1. The molecule has 0 aliphatic carbocycles. The van der Waals surface area contributed by atoms with E-state index in [0.29, 0.717) is 16.3 Å². The number of carbonyl (C=O) groups is 2. The summed E-state index contributed by atoms with van der Waals surface area (Å²) in [5.74, 6) is -0.898. The van der Waals surface area contributed by atoms with Crippen molar-refractivity contribution >= 4 is 40.2 Å². The molecule has 2 heterocycles. The van der Waals surface area contributed by atoms with Crippen molar-refractivity contribution in [2.24, 2.45) is 0 Å². The van der Waals surface area contributed by atoms with E-state index in [4.69, 9.17) is 4.74 Å². The Morgan fingerprint density at radius 3 is 2.59 bits per heavy atom. The molecular formula is C20H20N2O3S2. The van der Waals surface area contributed by atoms with Gasteiger partial charge in [-0.05, 0) is 49.4 Å². The number of rotatable bonds is 6. The Morgan fingerprint density at radius 1 is 1.22 bits per heavy atom. The van der Waals surface area contributed by atoms with Crippen LogP contribution in [0.15, 0.2) is 41.8 Å². The van der Waals surface area contributed by atoms with Crippen LogP contribution in [0.3, 0.4) is 0 Å². The van der Waals surface area contributed by atoms with Crippen LogP contribution in [0.25, 0.3) is 9.88 Å². The number of hydrogen-bond acceptors (Lipinski definition) is 6. The number of carbonyl (C=O) groups excluding carboxylic acids is 2. The third kappa shape index (κ3) is 4.61. The molecule has 0 spiro atoms. The van der Waals surface area contributed by atoms with Gasteiger partial charge in [-0.25, -0.2) is 9.78 Å². The van der Waals surface area contributed by atoms with E-state index in [1.54, 1.807) is 25.2 Å². The van der Waals surface area contributed by atoms with E-state index < -0.39 is 12.1 Å². The fourth-order valence-corrected chi connectivity index (χ4v) is 4.17. The van der Waals surface area contributed by atoms with Crippen LogP contribution in [-0.4, -0.2) is 23.0 Å². The van der Waals surface area contributed by atoms with E-state index in [-0.39, 0.29) is 5.91 Å². The molecule has 0 saturated carbocycles. The first-order valence-electron chi connectivity index (χ1n) is 8.60. The highest BCUT2D eigenvalue weighted by atomic mass is 32.1. The number of ether oxygens (including phenoxy) is 1. The van der Waals surface area contributed by atoms with Crippen molar-refractivity contribution in [3.05, 3.63) is 57.9 Å². The van der Waals surface area contributed by atoms with Gasteiger partial charge in [0.1, 0.15) is 9.88 Å². The maximum Gasteiger partial charge on any atom is 0.351 e. The Kier molecular flexibility index (Phi) is 6.03. The molecule has 2 aromatic heterocycles. The van der Waals surface area contributed by atoms with Gasteiger partial charge < -0.3 is 10.1 Å². The van der Waals surface area contributed by atoms with Gasteiger partial charge in [-0.2, -0.15) is 0 Å². The van der Waals surface area contributed by atoms with Crippen LogP contribution in [0, 0.1) is 6.92 Å². The summed E-state index contributed by atoms with van der Waals surface area (Å²) in [6.07, 6.45) is 0.0271. The van der Waals surface area contributed by atoms with E-state index in [1.807, 2.05) is 41.8 Å². The number of hydrogen-bond donors (Lipinski definition) is 1. The molecule has 1 unspecified atom stereocenters. The number of benzene rings is 1. The highest BCUT2D eigenvalue weighted by Crippen LogP contribution is 2.31. The third-order valence-electron chi connectivity index (χ3n) is 4.00. The monoisotopic (exact) mass is 400 g/mol. The molecule has 0 aliphatic heterocycles. The summed E-state index contributed by atoms with van der Waals surface area (Å²) in [4.78, 5) is 30.6. The predicted octanol–water partition coefficient (Wildman–Crippen LogP) is 4.93. The van der Waals surface area contributed by atoms with Crippen molar-refractivity contribution in [2.45, 2.75) is 33.3 Å². The molecule has 1 aromatic carbocycles. The largest absolute Gasteiger partial charge is 0.448 e. The fraction of sp³-hybridized carbons (Fsp3) is 0.250. The number of aromatic nitrogens is 1. The van der Waals surface area contributed by atoms with Crippen molar-refractivity contribution in [1.29, 1.82) is 0 Å². The Morgan fingerprint density at radius 2 is 1.96 bits per heavy atom. The molecule has 140 valence electrons. The molecule has 0 fully saturated rings. The molecule has 1 atom stereocenters. The maximum atomic E-state index is 12.5. The SMILES string of the molecule is CCc1ccc(NC(=O)C(C)OC(=O)c2sc(-c3cccs3)nc2C)cc1. The van der Waals surface area contributed by atoms with E-state index in [1.165, 1.54) is 16.9 Å². The van der Waals surface area contributed by atoms with E-state index in [2.05, 4.69) is 17.2 Å². The summed E-state index contributed by atoms with van der Waals surface area (Å²) in [6.45, 7) is 5.40. The average Bonchev–Trinajstić information content (AvgIpc) is 3.31.